The summed E-state index contributed by atoms with van der Waals surface area (Å²) in [7, 11) is 4.09. The summed E-state index contributed by atoms with van der Waals surface area (Å²) < 4.78 is 7.97. The lowest BCUT2D eigenvalue weighted by Crippen LogP contribution is -2.43. The Morgan fingerprint density at radius 2 is 1.59 bits per heavy atom. The lowest BCUT2D eigenvalue weighted by Gasteiger charge is -2.33. The number of anilines is 4. The molecule has 0 aliphatic carbocycles. The predicted molar refractivity (Wildman–Crippen MR) is 163 cm³/mol. The molecule has 4 aromatic rings. The number of urea groups is 1. The van der Waals surface area contributed by atoms with Crippen molar-refractivity contribution in [2.45, 2.75) is 38.5 Å². The predicted octanol–water partition coefficient (Wildman–Crippen LogP) is 4.50. The first-order valence-electron chi connectivity index (χ1n) is 14.3. The lowest BCUT2D eigenvalue weighted by molar-refractivity contribution is 0.0303. The Hall–Kier alpha value is -4.22. The van der Waals surface area contributed by atoms with Crippen LogP contribution in [0.1, 0.15) is 19.8 Å². The van der Waals surface area contributed by atoms with E-state index in [1.165, 1.54) is 0 Å². The van der Waals surface area contributed by atoms with Crippen molar-refractivity contribution >= 4 is 39.9 Å². The average Bonchev–Trinajstić information content (AvgIpc) is 3.55. The van der Waals surface area contributed by atoms with Crippen molar-refractivity contribution in [3.05, 3.63) is 54.7 Å². The molecule has 2 unspecified atom stereocenters. The van der Waals surface area contributed by atoms with Gasteiger partial charge < -0.3 is 30.5 Å². The van der Waals surface area contributed by atoms with Crippen molar-refractivity contribution in [2.75, 3.05) is 61.1 Å². The summed E-state index contributed by atoms with van der Waals surface area (Å²) >= 11 is 0. The Morgan fingerprint density at radius 3 is 2.22 bits per heavy atom. The summed E-state index contributed by atoms with van der Waals surface area (Å²) in [5, 5.41) is 14.7. The summed E-state index contributed by atoms with van der Waals surface area (Å²) in [6.07, 6.45) is 4.57. The number of amides is 2. The minimum Gasteiger partial charge on any atom is -0.384 e. The number of hydrogen-bond acceptors (Lipinski definition) is 8. The molecule has 2 saturated heterocycles. The second-order valence-corrected chi connectivity index (χ2v) is 10.9. The van der Waals surface area contributed by atoms with Gasteiger partial charge in [0.25, 0.3) is 0 Å². The summed E-state index contributed by atoms with van der Waals surface area (Å²) in [5.74, 6) is 1.54. The molecule has 0 radical (unpaired) electrons. The summed E-state index contributed by atoms with van der Waals surface area (Å²) in [5.41, 5.74) is 4.11. The number of nitrogens with one attached hydrogen (secondary N) is 3. The topological polar surface area (TPSA) is 112 Å². The van der Waals surface area contributed by atoms with Gasteiger partial charge in [0, 0.05) is 55.3 Å². The van der Waals surface area contributed by atoms with E-state index in [1.807, 2.05) is 73.5 Å². The number of hydrogen-bond donors (Lipinski definition) is 3. The molecule has 2 atom stereocenters. The first-order valence-corrected chi connectivity index (χ1v) is 14.3. The van der Waals surface area contributed by atoms with Gasteiger partial charge in [0.05, 0.1) is 23.8 Å². The van der Waals surface area contributed by atoms with E-state index in [4.69, 9.17) is 14.7 Å². The number of aryl methyl sites for hydroxylation is 1. The highest BCUT2D eigenvalue weighted by molar-refractivity contribution is 6.00. The highest BCUT2D eigenvalue weighted by atomic mass is 16.5. The van der Waals surface area contributed by atoms with E-state index >= 15 is 0 Å². The fourth-order valence-corrected chi connectivity index (χ4v) is 5.42. The summed E-state index contributed by atoms with van der Waals surface area (Å²) in [4.78, 5) is 27.0. The molecule has 2 aromatic carbocycles. The van der Waals surface area contributed by atoms with E-state index in [9.17, 15) is 4.79 Å². The molecular weight excluding hydrogens is 518 g/mol. The maximum Gasteiger partial charge on any atom is 0.323 e. The highest BCUT2D eigenvalue weighted by Gasteiger charge is 2.35. The number of morpholine rings is 1. The molecule has 11 heteroatoms. The molecule has 214 valence electrons. The van der Waals surface area contributed by atoms with E-state index in [2.05, 4.69) is 37.8 Å². The Morgan fingerprint density at radius 1 is 0.951 bits per heavy atom. The Labute approximate surface area is 239 Å². The van der Waals surface area contributed by atoms with Crippen LogP contribution in [0.4, 0.5) is 27.7 Å². The number of rotatable bonds is 9. The van der Waals surface area contributed by atoms with Crippen molar-refractivity contribution in [1.29, 1.82) is 0 Å². The van der Waals surface area contributed by atoms with Gasteiger partial charge in [-0.25, -0.2) is 19.4 Å². The molecule has 6 rings (SSSR count). The number of nitrogens with zero attached hydrogens (tertiary/aromatic N) is 6. The largest absolute Gasteiger partial charge is 0.384 e. The summed E-state index contributed by atoms with van der Waals surface area (Å²) in [6, 6.07) is 15.0. The zero-order valence-electron chi connectivity index (χ0n) is 23.8. The van der Waals surface area contributed by atoms with Crippen LogP contribution in [0.5, 0.6) is 0 Å². The van der Waals surface area contributed by atoms with Crippen molar-refractivity contribution in [2.24, 2.45) is 0 Å². The van der Waals surface area contributed by atoms with Gasteiger partial charge in [0.1, 0.15) is 5.82 Å². The number of ether oxygens (including phenoxy) is 1. The van der Waals surface area contributed by atoms with Crippen LogP contribution in [-0.2, 0) is 11.3 Å². The smallest absolute Gasteiger partial charge is 0.323 e. The van der Waals surface area contributed by atoms with Crippen LogP contribution < -0.4 is 20.9 Å². The third-order valence-electron chi connectivity index (χ3n) is 7.55. The molecule has 2 amide bonds. The Bertz CT molecular complexity index is 1490. The van der Waals surface area contributed by atoms with Crippen LogP contribution >= 0.6 is 0 Å². The monoisotopic (exact) mass is 555 g/mol. The third-order valence-corrected chi connectivity index (χ3v) is 7.55. The molecular formula is C30H37N9O2. The van der Waals surface area contributed by atoms with E-state index in [0.717, 1.165) is 79.4 Å². The number of aromatic nitrogens is 4. The molecule has 3 N–H and O–H groups in total. The van der Waals surface area contributed by atoms with Crippen LogP contribution in [-0.4, -0.2) is 83.2 Å². The molecule has 2 aliphatic heterocycles. The third kappa shape index (κ3) is 6.10. The van der Waals surface area contributed by atoms with Gasteiger partial charge in [-0.3, -0.25) is 0 Å². The second kappa shape index (κ2) is 11.7. The van der Waals surface area contributed by atoms with Crippen molar-refractivity contribution in [1.82, 2.24) is 24.6 Å². The Balaban J connectivity index is 1.14. The van der Waals surface area contributed by atoms with Gasteiger partial charge >= 0.3 is 6.03 Å². The number of carbonyl (C=O) groups excluding carboxylic acids is 1. The van der Waals surface area contributed by atoms with Crippen LogP contribution in [0, 0.1) is 0 Å². The fourth-order valence-electron chi connectivity index (χ4n) is 5.42. The van der Waals surface area contributed by atoms with Crippen molar-refractivity contribution in [3.63, 3.8) is 0 Å². The SMILES string of the molecule is CCn1ncc2c(N3CC4CCC(C3)O4)nc(-c3ccc(NC(=O)Nc4ccc(NCCN(C)C)cc4)cc3)nc21. The quantitative estimate of drug-likeness (QED) is 0.277. The standard InChI is InChI=1S/C30H37N9O2/c1-4-39-29-26(17-32-39)28(38-18-24-13-14-25(19-38)41-24)35-27(36-29)20-5-7-22(8-6-20)33-30(40)34-23-11-9-21(10-12-23)31-15-16-37(2)3/h5-12,17,24-25,31H,4,13-16,18-19H2,1-3H3,(H2,33,34,40). The van der Waals surface area contributed by atoms with Gasteiger partial charge in [0.15, 0.2) is 11.5 Å². The van der Waals surface area contributed by atoms with Gasteiger partial charge in [-0.05, 0) is 82.4 Å². The van der Waals surface area contributed by atoms with E-state index in [-0.39, 0.29) is 18.2 Å². The van der Waals surface area contributed by atoms with Crippen LogP contribution in [0.2, 0.25) is 0 Å². The molecule has 41 heavy (non-hydrogen) atoms. The molecule has 0 spiro atoms. The average molecular weight is 556 g/mol. The molecule has 4 heterocycles. The van der Waals surface area contributed by atoms with Crippen LogP contribution in [0.15, 0.2) is 54.7 Å². The van der Waals surface area contributed by atoms with Crippen LogP contribution in [0.25, 0.3) is 22.4 Å². The minimum atomic E-state index is -0.306. The van der Waals surface area contributed by atoms with Gasteiger partial charge in [-0.15, -0.1) is 0 Å². The maximum atomic E-state index is 12.6. The number of fused-ring (bicyclic) bond motifs is 3. The fraction of sp³-hybridized carbons (Fsp3) is 0.400. The van der Waals surface area contributed by atoms with Crippen molar-refractivity contribution < 1.29 is 9.53 Å². The van der Waals surface area contributed by atoms with Crippen molar-refractivity contribution in [3.8, 4) is 11.4 Å². The first kappa shape index (κ1) is 27.0. The molecule has 2 aliphatic rings. The lowest BCUT2D eigenvalue weighted by atomic mass is 10.2. The molecule has 11 nitrogen and oxygen atoms in total. The normalized spacial score (nSPS) is 18.2. The molecule has 2 fully saturated rings. The zero-order valence-corrected chi connectivity index (χ0v) is 23.8. The summed E-state index contributed by atoms with van der Waals surface area (Å²) in [6.45, 7) is 6.24. The highest BCUT2D eigenvalue weighted by Crippen LogP contribution is 2.33. The molecule has 0 saturated carbocycles. The van der Waals surface area contributed by atoms with E-state index < -0.39 is 0 Å². The number of benzene rings is 2. The van der Waals surface area contributed by atoms with E-state index in [1.54, 1.807) is 0 Å². The second-order valence-electron chi connectivity index (χ2n) is 10.9. The number of likely N-dealkylation sites (N-methyl/N-ethyl adjacent to an activating group) is 1. The first-order chi connectivity index (χ1) is 19.9. The van der Waals surface area contributed by atoms with Crippen LogP contribution in [0.3, 0.4) is 0 Å². The molecule has 2 aromatic heterocycles. The van der Waals surface area contributed by atoms with E-state index in [0.29, 0.717) is 11.5 Å². The van der Waals surface area contributed by atoms with Gasteiger partial charge in [-0.1, -0.05) is 0 Å². The zero-order chi connectivity index (χ0) is 28.3. The Kier molecular flexibility index (Phi) is 7.71. The number of carbonyl (C=O) groups is 1. The van der Waals surface area contributed by atoms with Gasteiger partial charge in [-0.2, -0.15) is 5.10 Å². The van der Waals surface area contributed by atoms with Gasteiger partial charge in [0.2, 0.25) is 0 Å². The molecule has 2 bridgehead atoms. The minimum absolute atomic E-state index is 0.252. The maximum absolute atomic E-state index is 12.6.